The highest BCUT2D eigenvalue weighted by Crippen LogP contribution is 2.31. The summed E-state index contributed by atoms with van der Waals surface area (Å²) in [5.41, 5.74) is 2.91. The van der Waals surface area contributed by atoms with Crippen LogP contribution in [0.15, 0.2) is 36.4 Å². The number of halogens is 2. The fraction of sp³-hybridized carbons (Fsp3) is 0.211. The number of carbonyl (C=O) groups excluding carboxylic acids is 1. The fourth-order valence-electron chi connectivity index (χ4n) is 2.82. The maximum Gasteiger partial charge on any atom is 0.152 e. The highest BCUT2D eigenvalue weighted by molar-refractivity contribution is 6.04. The molecule has 0 amide bonds. The van der Waals surface area contributed by atoms with Crippen molar-refractivity contribution in [1.82, 2.24) is 4.98 Å². The summed E-state index contributed by atoms with van der Waals surface area (Å²) in [5, 5.41) is 0.771. The zero-order valence-corrected chi connectivity index (χ0v) is 12.8. The zero-order chi connectivity index (χ0) is 16.4. The van der Waals surface area contributed by atoms with E-state index in [1.54, 1.807) is 0 Å². The van der Waals surface area contributed by atoms with Gasteiger partial charge >= 0.3 is 0 Å². The van der Waals surface area contributed by atoms with E-state index in [1.807, 2.05) is 18.2 Å². The predicted molar refractivity (Wildman–Crippen MR) is 87.7 cm³/mol. The van der Waals surface area contributed by atoms with Crippen molar-refractivity contribution in [2.75, 3.05) is 0 Å². The number of benzene rings is 2. The molecule has 118 valence electrons. The second-order valence-corrected chi connectivity index (χ2v) is 5.64. The summed E-state index contributed by atoms with van der Waals surface area (Å²) in [6.07, 6.45) is 3.83. The minimum Gasteiger partial charge on any atom is -0.354 e. The van der Waals surface area contributed by atoms with Gasteiger partial charge in [-0.2, -0.15) is 0 Å². The summed E-state index contributed by atoms with van der Waals surface area (Å²) in [4.78, 5) is 14.6. The molecule has 0 saturated heterocycles. The molecule has 2 aromatic carbocycles. The summed E-state index contributed by atoms with van der Waals surface area (Å²) in [7, 11) is 0. The number of hydrogen-bond acceptors (Lipinski definition) is 1. The number of aromatic amines is 1. The largest absolute Gasteiger partial charge is 0.354 e. The summed E-state index contributed by atoms with van der Waals surface area (Å²) in [6.45, 7) is 2.13. The van der Waals surface area contributed by atoms with E-state index in [-0.39, 0.29) is 5.56 Å². The maximum absolute atomic E-state index is 14.1. The standard InChI is InChI=1S/C19H17F2NO/c1-2-3-4-12-5-8-18-15(9-12)16(11-23)19(22-18)14-7-6-13(20)10-17(14)21/h5-11,22H,2-4H2,1H3. The molecule has 0 unspecified atom stereocenters. The molecular formula is C19H17F2NO. The molecule has 0 fully saturated rings. The lowest BCUT2D eigenvalue weighted by molar-refractivity contribution is 0.112. The van der Waals surface area contributed by atoms with E-state index in [9.17, 15) is 13.6 Å². The third-order valence-electron chi connectivity index (χ3n) is 4.04. The van der Waals surface area contributed by atoms with Gasteiger partial charge in [0.15, 0.2) is 6.29 Å². The molecule has 0 aliphatic heterocycles. The Kier molecular flexibility index (Phi) is 4.24. The monoisotopic (exact) mass is 313 g/mol. The fourth-order valence-corrected chi connectivity index (χ4v) is 2.82. The van der Waals surface area contributed by atoms with Gasteiger partial charge in [-0.1, -0.05) is 19.4 Å². The van der Waals surface area contributed by atoms with Crippen molar-refractivity contribution in [3.05, 3.63) is 59.2 Å². The van der Waals surface area contributed by atoms with Crippen molar-refractivity contribution in [3.63, 3.8) is 0 Å². The van der Waals surface area contributed by atoms with Crippen LogP contribution in [0.2, 0.25) is 0 Å². The average molecular weight is 313 g/mol. The molecule has 1 heterocycles. The van der Waals surface area contributed by atoms with Crippen LogP contribution in [0.25, 0.3) is 22.2 Å². The van der Waals surface area contributed by atoms with Crippen molar-refractivity contribution >= 4 is 17.2 Å². The Bertz CT molecular complexity index is 867. The molecule has 1 aromatic heterocycles. The van der Waals surface area contributed by atoms with E-state index in [0.29, 0.717) is 11.3 Å². The molecule has 0 spiro atoms. The van der Waals surface area contributed by atoms with Crippen LogP contribution in [0.5, 0.6) is 0 Å². The molecule has 0 aliphatic rings. The number of hydrogen-bond donors (Lipinski definition) is 1. The number of unbranched alkanes of at least 4 members (excludes halogenated alkanes) is 1. The second kappa shape index (κ2) is 6.32. The van der Waals surface area contributed by atoms with Gasteiger partial charge < -0.3 is 4.98 Å². The Morgan fingerprint density at radius 1 is 1.13 bits per heavy atom. The Morgan fingerprint density at radius 2 is 1.96 bits per heavy atom. The van der Waals surface area contributed by atoms with E-state index < -0.39 is 11.6 Å². The van der Waals surface area contributed by atoms with Gasteiger partial charge in [0.1, 0.15) is 11.6 Å². The van der Waals surface area contributed by atoms with Crippen molar-refractivity contribution in [2.24, 2.45) is 0 Å². The van der Waals surface area contributed by atoms with Crippen molar-refractivity contribution < 1.29 is 13.6 Å². The van der Waals surface area contributed by atoms with E-state index in [2.05, 4.69) is 11.9 Å². The lowest BCUT2D eigenvalue weighted by atomic mass is 10.0. The molecule has 0 saturated carbocycles. The van der Waals surface area contributed by atoms with E-state index in [1.165, 1.54) is 12.1 Å². The van der Waals surface area contributed by atoms with Crippen LogP contribution in [-0.2, 0) is 6.42 Å². The van der Waals surface area contributed by atoms with Crippen LogP contribution in [0.1, 0.15) is 35.7 Å². The first kappa shape index (κ1) is 15.4. The molecule has 3 rings (SSSR count). The Balaban J connectivity index is 2.15. The maximum atomic E-state index is 14.1. The van der Waals surface area contributed by atoms with Gasteiger partial charge in [0.05, 0.1) is 5.69 Å². The second-order valence-electron chi connectivity index (χ2n) is 5.64. The first-order valence-corrected chi connectivity index (χ1v) is 7.69. The molecule has 3 aromatic rings. The smallest absolute Gasteiger partial charge is 0.152 e. The van der Waals surface area contributed by atoms with Gasteiger partial charge in [-0.15, -0.1) is 0 Å². The number of aldehydes is 1. The summed E-state index contributed by atoms with van der Waals surface area (Å²) >= 11 is 0. The number of carbonyl (C=O) groups is 1. The number of rotatable bonds is 5. The van der Waals surface area contributed by atoms with Gasteiger partial charge in [0.25, 0.3) is 0 Å². The number of H-pyrrole nitrogens is 1. The average Bonchev–Trinajstić information content (AvgIpc) is 2.90. The third-order valence-corrected chi connectivity index (χ3v) is 4.04. The van der Waals surface area contributed by atoms with Gasteiger partial charge in [0, 0.05) is 28.1 Å². The molecule has 23 heavy (non-hydrogen) atoms. The predicted octanol–water partition coefficient (Wildman–Crippen LogP) is 5.27. The van der Waals surface area contributed by atoms with Crippen LogP contribution in [-0.4, -0.2) is 11.3 Å². The summed E-state index contributed by atoms with van der Waals surface area (Å²) in [6, 6.07) is 9.23. The quantitative estimate of drug-likeness (QED) is 0.640. The SMILES string of the molecule is CCCCc1ccc2[nH]c(-c3ccc(F)cc3F)c(C=O)c2c1. The zero-order valence-electron chi connectivity index (χ0n) is 12.8. The first-order valence-electron chi connectivity index (χ1n) is 7.69. The molecule has 0 aliphatic carbocycles. The van der Waals surface area contributed by atoms with Gasteiger partial charge in [0.2, 0.25) is 0 Å². The highest BCUT2D eigenvalue weighted by atomic mass is 19.1. The minimum atomic E-state index is -0.689. The molecule has 0 radical (unpaired) electrons. The molecule has 0 atom stereocenters. The Hall–Kier alpha value is -2.49. The Labute approximate surface area is 133 Å². The lowest BCUT2D eigenvalue weighted by Gasteiger charge is -2.02. The minimum absolute atomic E-state index is 0.194. The summed E-state index contributed by atoms with van der Waals surface area (Å²) < 4.78 is 27.2. The highest BCUT2D eigenvalue weighted by Gasteiger charge is 2.16. The van der Waals surface area contributed by atoms with Crippen LogP contribution < -0.4 is 0 Å². The normalized spacial score (nSPS) is 11.1. The van der Waals surface area contributed by atoms with E-state index in [0.717, 1.165) is 48.1 Å². The number of aryl methyl sites for hydroxylation is 1. The van der Waals surface area contributed by atoms with Crippen LogP contribution in [0.4, 0.5) is 8.78 Å². The first-order chi connectivity index (χ1) is 11.1. The van der Waals surface area contributed by atoms with Crippen molar-refractivity contribution in [2.45, 2.75) is 26.2 Å². The van der Waals surface area contributed by atoms with Gasteiger partial charge in [-0.25, -0.2) is 8.78 Å². The number of aromatic nitrogens is 1. The van der Waals surface area contributed by atoms with Gasteiger partial charge in [-0.3, -0.25) is 4.79 Å². The third kappa shape index (κ3) is 2.89. The van der Waals surface area contributed by atoms with Crippen LogP contribution in [0.3, 0.4) is 0 Å². The number of nitrogens with one attached hydrogen (secondary N) is 1. The topological polar surface area (TPSA) is 32.9 Å². The molecule has 1 N–H and O–H groups in total. The summed E-state index contributed by atoms with van der Waals surface area (Å²) in [5.74, 6) is -1.33. The van der Waals surface area contributed by atoms with Crippen LogP contribution >= 0.6 is 0 Å². The molecule has 0 bridgehead atoms. The van der Waals surface area contributed by atoms with Crippen molar-refractivity contribution in [1.29, 1.82) is 0 Å². The van der Waals surface area contributed by atoms with E-state index >= 15 is 0 Å². The molecule has 4 heteroatoms. The van der Waals surface area contributed by atoms with Crippen molar-refractivity contribution in [3.8, 4) is 11.3 Å². The number of fused-ring (bicyclic) bond motifs is 1. The van der Waals surface area contributed by atoms with Crippen LogP contribution in [0, 0.1) is 11.6 Å². The Morgan fingerprint density at radius 3 is 2.65 bits per heavy atom. The van der Waals surface area contributed by atoms with Gasteiger partial charge in [-0.05, 0) is 42.7 Å². The molecular weight excluding hydrogens is 296 g/mol. The molecule has 2 nitrogen and oxygen atoms in total. The lowest BCUT2D eigenvalue weighted by Crippen LogP contribution is -1.90. The van der Waals surface area contributed by atoms with E-state index in [4.69, 9.17) is 0 Å².